The third-order valence-electron chi connectivity index (χ3n) is 3.47. The summed E-state index contributed by atoms with van der Waals surface area (Å²) in [4.78, 5) is 2.37. The molecule has 1 saturated heterocycles. The lowest BCUT2D eigenvalue weighted by atomic mass is 10.1. The minimum absolute atomic E-state index is 0.0781. The lowest BCUT2D eigenvalue weighted by Crippen LogP contribution is -2.42. The zero-order valence-electron chi connectivity index (χ0n) is 12.9. The normalized spacial score (nSPS) is 20.2. The van der Waals surface area contributed by atoms with Crippen molar-refractivity contribution < 1.29 is 4.74 Å². The predicted octanol–water partition coefficient (Wildman–Crippen LogP) is 3.45. The second kappa shape index (κ2) is 6.33. The SMILES string of the molecule is CC1CN(c2cccc(Cl)c2CNC(C)(C)C)CCO1. The molecule has 1 aliphatic rings. The molecular formula is C16H25ClN2O. The van der Waals surface area contributed by atoms with Crippen molar-refractivity contribution in [2.45, 2.75) is 45.9 Å². The number of hydrogen-bond donors (Lipinski definition) is 1. The number of hydrogen-bond acceptors (Lipinski definition) is 3. The highest BCUT2D eigenvalue weighted by Gasteiger charge is 2.21. The van der Waals surface area contributed by atoms with Crippen molar-refractivity contribution in [3.05, 3.63) is 28.8 Å². The largest absolute Gasteiger partial charge is 0.375 e. The standard InChI is InChI=1S/C16H25ClN2O/c1-12-11-19(8-9-20-12)15-7-5-6-14(17)13(15)10-18-16(2,3)4/h5-7,12,18H,8-11H2,1-4H3. The summed E-state index contributed by atoms with van der Waals surface area (Å²) in [6.45, 7) is 12.0. The van der Waals surface area contributed by atoms with Crippen molar-refractivity contribution in [2.75, 3.05) is 24.6 Å². The number of ether oxygens (including phenoxy) is 1. The quantitative estimate of drug-likeness (QED) is 0.924. The summed E-state index contributed by atoms with van der Waals surface area (Å²) in [5.41, 5.74) is 2.48. The first-order chi connectivity index (χ1) is 9.37. The van der Waals surface area contributed by atoms with Crippen LogP contribution in [-0.2, 0) is 11.3 Å². The van der Waals surface area contributed by atoms with E-state index >= 15 is 0 Å². The van der Waals surface area contributed by atoms with Gasteiger partial charge in [0.2, 0.25) is 0 Å². The minimum atomic E-state index is 0.0781. The van der Waals surface area contributed by atoms with E-state index in [9.17, 15) is 0 Å². The van der Waals surface area contributed by atoms with Gasteiger partial charge in [-0.3, -0.25) is 0 Å². The molecular weight excluding hydrogens is 272 g/mol. The van der Waals surface area contributed by atoms with Crippen LogP contribution in [0.2, 0.25) is 5.02 Å². The predicted molar refractivity (Wildman–Crippen MR) is 85.7 cm³/mol. The Kier molecular flexibility index (Phi) is 4.95. The van der Waals surface area contributed by atoms with E-state index in [-0.39, 0.29) is 11.6 Å². The van der Waals surface area contributed by atoms with Crippen LogP contribution < -0.4 is 10.2 Å². The molecule has 1 N–H and O–H groups in total. The highest BCUT2D eigenvalue weighted by Crippen LogP contribution is 2.29. The van der Waals surface area contributed by atoms with Gasteiger partial charge in [0.25, 0.3) is 0 Å². The lowest BCUT2D eigenvalue weighted by molar-refractivity contribution is 0.0531. The molecule has 1 fully saturated rings. The molecule has 1 aliphatic heterocycles. The van der Waals surface area contributed by atoms with Crippen LogP contribution in [0.15, 0.2) is 18.2 Å². The molecule has 1 unspecified atom stereocenters. The molecule has 0 bridgehead atoms. The Morgan fingerprint density at radius 1 is 1.40 bits per heavy atom. The molecule has 1 atom stereocenters. The number of anilines is 1. The third-order valence-corrected chi connectivity index (χ3v) is 3.83. The summed E-state index contributed by atoms with van der Waals surface area (Å²) < 4.78 is 5.62. The van der Waals surface area contributed by atoms with E-state index in [1.807, 2.05) is 12.1 Å². The van der Waals surface area contributed by atoms with Gasteiger partial charge in [-0.2, -0.15) is 0 Å². The van der Waals surface area contributed by atoms with Gasteiger partial charge in [0.05, 0.1) is 12.7 Å². The number of nitrogens with one attached hydrogen (secondary N) is 1. The van der Waals surface area contributed by atoms with Gasteiger partial charge >= 0.3 is 0 Å². The number of halogens is 1. The van der Waals surface area contributed by atoms with Gasteiger partial charge in [-0.15, -0.1) is 0 Å². The molecule has 0 amide bonds. The molecule has 20 heavy (non-hydrogen) atoms. The lowest BCUT2D eigenvalue weighted by Gasteiger charge is -2.35. The molecule has 4 heteroatoms. The summed E-state index contributed by atoms with van der Waals surface area (Å²) in [6.07, 6.45) is 0.270. The summed E-state index contributed by atoms with van der Waals surface area (Å²) in [5.74, 6) is 0. The average molecular weight is 297 g/mol. The zero-order valence-corrected chi connectivity index (χ0v) is 13.6. The highest BCUT2D eigenvalue weighted by atomic mass is 35.5. The first kappa shape index (κ1) is 15.6. The zero-order chi connectivity index (χ0) is 14.8. The van der Waals surface area contributed by atoms with Crippen LogP contribution in [0.3, 0.4) is 0 Å². The number of benzene rings is 1. The third kappa shape index (κ3) is 4.11. The second-order valence-corrected chi connectivity index (χ2v) is 6.88. The second-order valence-electron chi connectivity index (χ2n) is 6.47. The van der Waals surface area contributed by atoms with Crippen LogP contribution in [0.4, 0.5) is 5.69 Å². The van der Waals surface area contributed by atoms with E-state index in [0.29, 0.717) is 0 Å². The molecule has 0 saturated carbocycles. The van der Waals surface area contributed by atoms with E-state index in [1.54, 1.807) is 0 Å². The van der Waals surface area contributed by atoms with E-state index in [1.165, 1.54) is 11.3 Å². The summed E-state index contributed by atoms with van der Waals surface area (Å²) in [7, 11) is 0. The van der Waals surface area contributed by atoms with Gasteiger partial charge in [-0.25, -0.2) is 0 Å². The fourth-order valence-corrected chi connectivity index (χ4v) is 2.65. The highest BCUT2D eigenvalue weighted by molar-refractivity contribution is 6.31. The Morgan fingerprint density at radius 3 is 2.80 bits per heavy atom. The van der Waals surface area contributed by atoms with Crippen molar-refractivity contribution in [1.82, 2.24) is 5.32 Å². The summed E-state index contributed by atoms with van der Waals surface area (Å²) in [5, 5.41) is 4.36. The van der Waals surface area contributed by atoms with E-state index in [2.05, 4.69) is 44.0 Å². The average Bonchev–Trinajstić information content (AvgIpc) is 2.36. The Labute approximate surface area is 127 Å². The van der Waals surface area contributed by atoms with Gasteiger partial charge < -0.3 is 15.0 Å². The first-order valence-corrected chi connectivity index (χ1v) is 7.63. The van der Waals surface area contributed by atoms with Crippen molar-refractivity contribution in [1.29, 1.82) is 0 Å². The Morgan fingerprint density at radius 2 is 2.15 bits per heavy atom. The molecule has 112 valence electrons. The van der Waals surface area contributed by atoms with Crippen LogP contribution in [0.5, 0.6) is 0 Å². The van der Waals surface area contributed by atoms with Crippen molar-refractivity contribution in [3.63, 3.8) is 0 Å². The fraction of sp³-hybridized carbons (Fsp3) is 0.625. The van der Waals surface area contributed by atoms with Crippen LogP contribution >= 0.6 is 11.6 Å². The van der Waals surface area contributed by atoms with Crippen molar-refractivity contribution in [3.8, 4) is 0 Å². The minimum Gasteiger partial charge on any atom is -0.375 e. The molecule has 0 aromatic heterocycles. The van der Waals surface area contributed by atoms with E-state index in [0.717, 1.165) is 31.3 Å². The smallest absolute Gasteiger partial charge is 0.0722 e. The van der Waals surface area contributed by atoms with E-state index < -0.39 is 0 Å². The number of nitrogens with zero attached hydrogens (tertiary/aromatic N) is 1. The Balaban J connectivity index is 2.21. The monoisotopic (exact) mass is 296 g/mol. The van der Waals surface area contributed by atoms with Crippen LogP contribution in [0.1, 0.15) is 33.3 Å². The van der Waals surface area contributed by atoms with Crippen LogP contribution in [0.25, 0.3) is 0 Å². The van der Waals surface area contributed by atoms with Crippen molar-refractivity contribution >= 4 is 17.3 Å². The number of morpholine rings is 1. The molecule has 1 aromatic carbocycles. The van der Waals surface area contributed by atoms with E-state index in [4.69, 9.17) is 16.3 Å². The first-order valence-electron chi connectivity index (χ1n) is 7.26. The maximum atomic E-state index is 6.42. The van der Waals surface area contributed by atoms with Crippen LogP contribution in [0, 0.1) is 0 Å². The Bertz CT molecular complexity index is 456. The van der Waals surface area contributed by atoms with Crippen LogP contribution in [-0.4, -0.2) is 31.3 Å². The maximum Gasteiger partial charge on any atom is 0.0722 e. The van der Waals surface area contributed by atoms with Gasteiger partial charge in [0, 0.05) is 41.4 Å². The van der Waals surface area contributed by atoms with Gasteiger partial charge in [0.1, 0.15) is 0 Å². The Hall–Kier alpha value is -0.770. The molecule has 0 radical (unpaired) electrons. The molecule has 2 rings (SSSR count). The molecule has 1 heterocycles. The molecule has 1 aromatic rings. The molecule has 0 spiro atoms. The molecule has 0 aliphatic carbocycles. The summed E-state index contributed by atoms with van der Waals surface area (Å²) in [6, 6.07) is 6.15. The van der Waals surface area contributed by atoms with Crippen molar-refractivity contribution in [2.24, 2.45) is 0 Å². The van der Waals surface area contributed by atoms with Gasteiger partial charge in [-0.1, -0.05) is 17.7 Å². The summed E-state index contributed by atoms with van der Waals surface area (Å²) >= 11 is 6.42. The maximum absolute atomic E-state index is 6.42. The van der Waals surface area contributed by atoms with Gasteiger partial charge in [0.15, 0.2) is 0 Å². The molecule has 3 nitrogen and oxygen atoms in total. The number of rotatable bonds is 3. The fourth-order valence-electron chi connectivity index (χ4n) is 2.41. The topological polar surface area (TPSA) is 24.5 Å². The van der Waals surface area contributed by atoms with Gasteiger partial charge in [-0.05, 0) is 39.8 Å².